The van der Waals surface area contributed by atoms with E-state index in [-0.39, 0.29) is 0 Å². The summed E-state index contributed by atoms with van der Waals surface area (Å²) in [6, 6.07) is 3.38. The quantitative estimate of drug-likeness (QED) is 0.650. The summed E-state index contributed by atoms with van der Waals surface area (Å²) in [5.74, 6) is 1.69. The molecule has 0 fully saturated rings. The Bertz CT molecular complexity index is 419. The third-order valence-electron chi connectivity index (χ3n) is 2.22. The minimum Gasteiger partial charge on any atom is -0.495 e. The number of benzene rings is 1. The van der Waals surface area contributed by atoms with Gasteiger partial charge in [0.15, 0.2) is 0 Å². The lowest BCUT2D eigenvalue weighted by molar-refractivity contribution is 0.404. The molecule has 5 heteroatoms. The van der Waals surface area contributed by atoms with E-state index in [2.05, 4.69) is 4.99 Å². The van der Waals surface area contributed by atoms with Crippen molar-refractivity contribution >= 4 is 23.1 Å². The second-order valence-electron chi connectivity index (χ2n) is 3.51. The first-order valence-electron chi connectivity index (χ1n) is 5.36. The average Bonchev–Trinajstić information content (AvgIpc) is 2.31. The first kappa shape index (κ1) is 13.6. The summed E-state index contributed by atoms with van der Waals surface area (Å²) >= 11 is 5.99. The van der Waals surface area contributed by atoms with Gasteiger partial charge in [-0.2, -0.15) is 0 Å². The van der Waals surface area contributed by atoms with E-state index in [0.29, 0.717) is 28.0 Å². The lowest BCUT2D eigenvalue weighted by Crippen LogP contribution is -2.10. The zero-order valence-corrected chi connectivity index (χ0v) is 11.0. The average molecular weight is 257 g/mol. The van der Waals surface area contributed by atoms with Crippen molar-refractivity contribution < 1.29 is 9.47 Å². The van der Waals surface area contributed by atoms with E-state index in [9.17, 15) is 0 Å². The molecule has 1 aromatic carbocycles. The standard InChI is InChI=1S/C12H17ClN2O2/c1-4-5-12(14)15-9-7-10(16-2)8(13)6-11(9)17-3/h6-7H,4-5H2,1-3H3,(H2,14,15). The van der Waals surface area contributed by atoms with Crippen molar-refractivity contribution in [2.45, 2.75) is 19.8 Å². The molecule has 0 amide bonds. The van der Waals surface area contributed by atoms with E-state index in [1.807, 2.05) is 6.92 Å². The Kier molecular flexibility index (Phi) is 5.10. The third-order valence-corrected chi connectivity index (χ3v) is 2.52. The fourth-order valence-electron chi connectivity index (χ4n) is 1.40. The molecule has 1 aromatic rings. The Morgan fingerprint density at radius 1 is 1.29 bits per heavy atom. The molecule has 2 N–H and O–H groups in total. The molecule has 94 valence electrons. The van der Waals surface area contributed by atoms with Crippen LogP contribution in [0.3, 0.4) is 0 Å². The van der Waals surface area contributed by atoms with E-state index in [0.717, 1.165) is 12.8 Å². The van der Waals surface area contributed by atoms with Crippen molar-refractivity contribution in [2.24, 2.45) is 10.7 Å². The number of halogens is 1. The maximum absolute atomic E-state index is 5.99. The Labute approximate surface area is 106 Å². The summed E-state index contributed by atoms with van der Waals surface area (Å²) in [5, 5.41) is 0.484. The van der Waals surface area contributed by atoms with Crippen molar-refractivity contribution in [3.8, 4) is 11.5 Å². The van der Waals surface area contributed by atoms with Crippen LogP contribution in [-0.4, -0.2) is 20.1 Å². The molecule has 0 saturated carbocycles. The highest BCUT2D eigenvalue weighted by Crippen LogP contribution is 2.37. The molecular weight excluding hydrogens is 240 g/mol. The van der Waals surface area contributed by atoms with Crippen LogP contribution in [0.4, 0.5) is 5.69 Å². The number of rotatable bonds is 5. The molecule has 0 aliphatic heterocycles. The second kappa shape index (κ2) is 6.35. The molecule has 17 heavy (non-hydrogen) atoms. The SMILES string of the molecule is CCCC(N)=Nc1cc(OC)c(Cl)cc1OC. The Balaban J connectivity index is 3.16. The summed E-state index contributed by atoms with van der Waals surface area (Å²) in [6.45, 7) is 2.04. The zero-order valence-electron chi connectivity index (χ0n) is 10.3. The Hall–Kier alpha value is -1.42. The number of hydrogen-bond donors (Lipinski definition) is 1. The number of aliphatic imine (C=N–C) groups is 1. The number of nitrogens with zero attached hydrogens (tertiary/aromatic N) is 1. The summed E-state index contributed by atoms with van der Waals surface area (Å²) in [7, 11) is 3.11. The number of hydrogen-bond acceptors (Lipinski definition) is 3. The molecule has 0 aliphatic rings. The van der Waals surface area contributed by atoms with E-state index in [1.165, 1.54) is 0 Å². The van der Waals surface area contributed by atoms with E-state index < -0.39 is 0 Å². The Morgan fingerprint density at radius 3 is 2.47 bits per heavy atom. The van der Waals surface area contributed by atoms with Crippen LogP contribution >= 0.6 is 11.6 Å². The lowest BCUT2D eigenvalue weighted by atomic mass is 10.2. The molecule has 4 nitrogen and oxygen atoms in total. The molecule has 0 saturated heterocycles. The maximum Gasteiger partial charge on any atom is 0.146 e. The van der Waals surface area contributed by atoms with Gasteiger partial charge < -0.3 is 15.2 Å². The lowest BCUT2D eigenvalue weighted by Gasteiger charge is -2.09. The van der Waals surface area contributed by atoms with Crippen LogP contribution in [0.15, 0.2) is 17.1 Å². The molecule has 0 heterocycles. The van der Waals surface area contributed by atoms with Gasteiger partial charge in [0.25, 0.3) is 0 Å². The minimum atomic E-state index is 0.484. The maximum atomic E-state index is 5.99. The van der Waals surface area contributed by atoms with Crippen LogP contribution in [0.25, 0.3) is 0 Å². The fourth-order valence-corrected chi connectivity index (χ4v) is 1.63. The second-order valence-corrected chi connectivity index (χ2v) is 3.92. The topological polar surface area (TPSA) is 56.8 Å². The summed E-state index contributed by atoms with van der Waals surface area (Å²) < 4.78 is 10.3. The van der Waals surface area contributed by atoms with E-state index in [4.69, 9.17) is 26.8 Å². The van der Waals surface area contributed by atoms with Crippen molar-refractivity contribution in [3.05, 3.63) is 17.2 Å². The monoisotopic (exact) mass is 256 g/mol. The zero-order chi connectivity index (χ0) is 12.8. The van der Waals surface area contributed by atoms with Crippen LogP contribution in [0, 0.1) is 0 Å². The molecule has 0 spiro atoms. The van der Waals surface area contributed by atoms with Crippen molar-refractivity contribution in [1.29, 1.82) is 0 Å². The number of methoxy groups -OCH3 is 2. The molecule has 0 radical (unpaired) electrons. The van der Waals surface area contributed by atoms with Crippen molar-refractivity contribution in [2.75, 3.05) is 14.2 Å². The van der Waals surface area contributed by atoms with Gasteiger partial charge in [-0.05, 0) is 6.42 Å². The number of nitrogens with two attached hydrogens (primary N) is 1. The highest BCUT2D eigenvalue weighted by molar-refractivity contribution is 6.32. The van der Waals surface area contributed by atoms with Crippen molar-refractivity contribution in [1.82, 2.24) is 0 Å². The Morgan fingerprint density at radius 2 is 1.94 bits per heavy atom. The van der Waals surface area contributed by atoms with Crippen LogP contribution in [0.1, 0.15) is 19.8 Å². The molecule has 0 atom stereocenters. The summed E-state index contributed by atoms with van der Waals surface area (Å²) in [4.78, 5) is 4.30. The molecule has 0 aromatic heterocycles. The van der Waals surface area contributed by atoms with Gasteiger partial charge in [-0.1, -0.05) is 18.5 Å². The van der Waals surface area contributed by atoms with E-state index >= 15 is 0 Å². The molecule has 1 rings (SSSR count). The van der Waals surface area contributed by atoms with Gasteiger partial charge >= 0.3 is 0 Å². The van der Waals surface area contributed by atoms with Crippen LogP contribution < -0.4 is 15.2 Å². The van der Waals surface area contributed by atoms with Gasteiger partial charge in [-0.15, -0.1) is 0 Å². The molecule has 0 aliphatic carbocycles. The predicted octanol–water partition coefficient (Wildman–Crippen LogP) is 3.15. The smallest absolute Gasteiger partial charge is 0.146 e. The molecular formula is C12H17ClN2O2. The van der Waals surface area contributed by atoms with Gasteiger partial charge in [-0.3, -0.25) is 0 Å². The van der Waals surface area contributed by atoms with Gasteiger partial charge in [0.2, 0.25) is 0 Å². The predicted molar refractivity (Wildman–Crippen MR) is 70.7 cm³/mol. The fraction of sp³-hybridized carbons (Fsp3) is 0.417. The van der Waals surface area contributed by atoms with Crippen molar-refractivity contribution in [3.63, 3.8) is 0 Å². The highest BCUT2D eigenvalue weighted by atomic mass is 35.5. The highest BCUT2D eigenvalue weighted by Gasteiger charge is 2.09. The molecule has 0 unspecified atom stereocenters. The van der Waals surface area contributed by atoms with Gasteiger partial charge in [0.1, 0.15) is 17.2 Å². The van der Waals surface area contributed by atoms with Crippen LogP contribution in [0.5, 0.6) is 11.5 Å². The first-order valence-corrected chi connectivity index (χ1v) is 5.74. The largest absolute Gasteiger partial charge is 0.495 e. The van der Waals surface area contributed by atoms with Gasteiger partial charge in [-0.25, -0.2) is 4.99 Å². The minimum absolute atomic E-state index is 0.484. The normalized spacial score (nSPS) is 11.4. The summed E-state index contributed by atoms with van der Waals surface area (Å²) in [5.41, 5.74) is 6.41. The summed E-state index contributed by atoms with van der Waals surface area (Å²) in [6.07, 6.45) is 1.69. The number of amidine groups is 1. The number of ether oxygens (including phenoxy) is 2. The van der Waals surface area contributed by atoms with Crippen LogP contribution in [-0.2, 0) is 0 Å². The van der Waals surface area contributed by atoms with Gasteiger partial charge in [0.05, 0.1) is 25.1 Å². The first-order chi connectivity index (χ1) is 8.12. The molecule has 0 bridgehead atoms. The van der Waals surface area contributed by atoms with Gasteiger partial charge in [0, 0.05) is 18.6 Å². The van der Waals surface area contributed by atoms with Crippen LogP contribution in [0.2, 0.25) is 5.02 Å². The third kappa shape index (κ3) is 3.53. The van der Waals surface area contributed by atoms with E-state index in [1.54, 1.807) is 26.4 Å².